The molecule has 1 aliphatic heterocycles. The first-order valence-corrected chi connectivity index (χ1v) is 2.23. The van der Waals surface area contributed by atoms with Gasteiger partial charge in [0.25, 0.3) is 12.1 Å². The molecule has 0 aliphatic carbocycles. The molecule has 5 heteroatoms. The molecule has 0 fully saturated rings. The Balaban J connectivity index is 2.81. The van der Waals surface area contributed by atoms with E-state index in [4.69, 9.17) is 20.4 Å². The molecule has 5 nitrogen and oxygen atoms in total. The summed E-state index contributed by atoms with van der Waals surface area (Å²) >= 11 is 0. The van der Waals surface area contributed by atoms with Crippen LogP contribution in [0.1, 0.15) is 0 Å². The number of hydrogen-bond donors (Lipinski definition) is 4. The fraction of sp³-hybridized carbons (Fsp3) is 0.500. The third-order valence-corrected chi connectivity index (χ3v) is 1.03. The molecule has 0 radical (unpaired) electrons. The van der Waals surface area contributed by atoms with Crippen LogP contribution < -0.4 is 0 Å². The Kier molecular flexibility index (Phi) is 1.13. The van der Waals surface area contributed by atoms with E-state index in [2.05, 4.69) is 4.74 Å². The topological polar surface area (TPSA) is 90.2 Å². The minimum Gasteiger partial charge on any atom is -0.504 e. The monoisotopic (exact) mass is 134 g/mol. The van der Waals surface area contributed by atoms with Crippen molar-refractivity contribution in [2.75, 3.05) is 0 Å². The quantitative estimate of drug-likeness (QED) is 0.300. The first-order valence-electron chi connectivity index (χ1n) is 2.23. The zero-order chi connectivity index (χ0) is 7.07. The van der Waals surface area contributed by atoms with Crippen LogP contribution in [0.4, 0.5) is 0 Å². The van der Waals surface area contributed by atoms with Crippen molar-refractivity contribution < 1.29 is 25.2 Å². The van der Waals surface area contributed by atoms with E-state index in [1.54, 1.807) is 0 Å². The van der Waals surface area contributed by atoms with Crippen molar-refractivity contribution >= 4 is 0 Å². The van der Waals surface area contributed by atoms with Gasteiger partial charge < -0.3 is 25.2 Å². The summed E-state index contributed by atoms with van der Waals surface area (Å²) in [7, 11) is 0. The Hall–Kier alpha value is -0.780. The van der Waals surface area contributed by atoms with Gasteiger partial charge in [0.1, 0.15) is 6.26 Å². The Labute approximate surface area is 50.4 Å². The zero-order valence-electron chi connectivity index (χ0n) is 4.35. The SMILES string of the molecule is OC1=COC(O)C1(O)O. The van der Waals surface area contributed by atoms with Crippen molar-refractivity contribution in [3.63, 3.8) is 0 Å². The highest BCUT2D eigenvalue weighted by atomic mass is 16.7. The van der Waals surface area contributed by atoms with Gasteiger partial charge in [-0.15, -0.1) is 0 Å². The van der Waals surface area contributed by atoms with E-state index in [-0.39, 0.29) is 0 Å². The van der Waals surface area contributed by atoms with Gasteiger partial charge in [0.2, 0.25) is 0 Å². The summed E-state index contributed by atoms with van der Waals surface area (Å²) in [5, 5.41) is 34.2. The van der Waals surface area contributed by atoms with E-state index in [9.17, 15) is 0 Å². The third kappa shape index (κ3) is 0.748. The lowest BCUT2D eigenvalue weighted by Gasteiger charge is -2.16. The lowest BCUT2D eigenvalue weighted by molar-refractivity contribution is -0.259. The standard InChI is InChI=1S/C4H6O5/c5-2-1-9-3(6)4(2,7)8/h1,3,5-8H. The summed E-state index contributed by atoms with van der Waals surface area (Å²) in [5.74, 6) is -3.44. The molecule has 0 saturated heterocycles. The van der Waals surface area contributed by atoms with Crippen molar-refractivity contribution in [2.24, 2.45) is 0 Å². The normalized spacial score (nSPS) is 31.4. The molecule has 52 valence electrons. The largest absolute Gasteiger partial charge is 0.504 e. The smallest absolute Gasteiger partial charge is 0.290 e. The van der Waals surface area contributed by atoms with Crippen molar-refractivity contribution in [3.8, 4) is 0 Å². The minimum absolute atomic E-state index is 0.671. The summed E-state index contributed by atoms with van der Waals surface area (Å²) in [6.07, 6.45) is -1.12. The first kappa shape index (κ1) is 6.34. The summed E-state index contributed by atoms with van der Waals surface area (Å²) in [5.41, 5.74) is 0. The minimum atomic E-state index is -2.64. The van der Waals surface area contributed by atoms with Crippen LogP contribution in [0.15, 0.2) is 12.0 Å². The second-order valence-corrected chi connectivity index (χ2v) is 1.72. The summed E-state index contributed by atoms with van der Waals surface area (Å²) in [6, 6.07) is 0. The molecule has 0 aromatic carbocycles. The van der Waals surface area contributed by atoms with Crippen LogP contribution in [0.5, 0.6) is 0 Å². The van der Waals surface area contributed by atoms with Gasteiger partial charge in [0.15, 0.2) is 5.76 Å². The van der Waals surface area contributed by atoms with Crippen LogP contribution in [-0.2, 0) is 4.74 Å². The highest BCUT2D eigenvalue weighted by Crippen LogP contribution is 2.23. The molecule has 0 saturated carbocycles. The number of rotatable bonds is 0. The fourth-order valence-electron chi connectivity index (χ4n) is 0.437. The number of hydrogen-bond acceptors (Lipinski definition) is 5. The Morgan fingerprint density at radius 3 is 2.22 bits per heavy atom. The molecular weight excluding hydrogens is 128 g/mol. The summed E-state index contributed by atoms with van der Waals surface area (Å²) in [4.78, 5) is 0. The molecular formula is C4H6O5. The van der Waals surface area contributed by atoms with Gasteiger partial charge >= 0.3 is 0 Å². The number of aliphatic hydroxyl groups is 4. The fourth-order valence-corrected chi connectivity index (χ4v) is 0.437. The van der Waals surface area contributed by atoms with Crippen LogP contribution in [0.3, 0.4) is 0 Å². The molecule has 1 unspecified atom stereocenters. The highest BCUT2D eigenvalue weighted by Gasteiger charge is 2.44. The van der Waals surface area contributed by atoms with Crippen LogP contribution in [-0.4, -0.2) is 32.5 Å². The Morgan fingerprint density at radius 2 is 2.11 bits per heavy atom. The van der Waals surface area contributed by atoms with Crippen molar-refractivity contribution in [2.45, 2.75) is 12.1 Å². The van der Waals surface area contributed by atoms with Crippen molar-refractivity contribution in [1.29, 1.82) is 0 Å². The van der Waals surface area contributed by atoms with Crippen LogP contribution in [0, 0.1) is 0 Å². The second-order valence-electron chi connectivity index (χ2n) is 1.72. The Bertz CT molecular complexity index is 149. The van der Waals surface area contributed by atoms with Gasteiger partial charge in [-0.3, -0.25) is 0 Å². The molecule has 0 bridgehead atoms. The van der Waals surface area contributed by atoms with Crippen molar-refractivity contribution in [1.82, 2.24) is 0 Å². The van der Waals surface area contributed by atoms with Gasteiger partial charge in [-0.25, -0.2) is 0 Å². The molecule has 1 heterocycles. The van der Waals surface area contributed by atoms with E-state index < -0.39 is 17.8 Å². The predicted octanol–water partition coefficient (Wildman–Crippen LogP) is -1.58. The van der Waals surface area contributed by atoms with Crippen LogP contribution in [0.2, 0.25) is 0 Å². The van der Waals surface area contributed by atoms with E-state index in [0.29, 0.717) is 6.26 Å². The van der Waals surface area contributed by atoms with E-state index in [1.165, 1.54) is 0 Å². The predicted molar refractivity (Wildman–Crippen MR) is 25.0 cm³/mol. The lowest BCUT2D eigenvalue weighted by Crippen LogP contribution is -2.40. The van der Waals surface area contributed by atoms with E-state index >= 15 is 0 Å². The second kappa shape index (κ2) is 1.60. The lowest BCUT2D eigenvalue weighted by atomic mass is 10.2. The molecule has 0 spiro atoms. The van der Waals surface area contributed by atoms with Gasteiger partial charge in [0, 0.05) is 0 Å². The van der Waals surface area contributed by atoms with Gasteiger partial charge in [0.05, 0.1) is 0 Å². The zero-order valence-corrected chi connectivity index (χ0v) is 4.35. The molecule has 1 rings (SSSR count). The maximum atomic E-state index is 8.59. The molecule has 0 aromatic heterocycles. The Morgan fingerprint density at radius 1 is 1.56 bits per heavy atom. The first-order chi connectivity index (χ1) is 4.05. The molecule has 1 aliphatic rings. The van der Waals surface area contributed by atoms with Crippen LogP contribution in [0.25, 0.3) is 0 Å². The summed E-state index contributed by atoms with van der Waals surface area (Å²) in [6.45, 7) is 0. The van der Waals surface area contributed by atoms with Gasteiger partial charge in [-0.05, 0) is 0 Å². The maximum Gasteiger partial charge on any atom is 0.290 e. The number of ether oxygens (including phenoxy) is 1. The molecule has 1 atom stereocenters. The third-order valence-electron chi connectivity index (χ3n) is 1.03. The average molecular weight is 134 g/mol. The average Bonchev–Trinajstić information content (AvgIpc) is 1.96. The van der Waals surface area contributed by atoms with Crippen LogP contribution >= 0.6 is 0 Å². The molecule has 0 amide bonds. The van der Waals surface area contributed by atoms with Gasteiger partial charge in [-0.1, -0.05) is 0 Å². The van der Waals surface area contributed by atoms with Gasteiger partial charge in [-0.2, -0.15) is 0 Å². The van der Waals surface area contributed by atoms with E-state index in [1.807, 2.05) is 0 Å². The molecule has 4 N–H and O–H groups in total. The molecule has 9 heavy (non-hydrogen) atoms. The maximum absolute atomic E-state index is 8.59. The van der Waals surface area contributed by atoms with Crippen molar-refractivity contribution in [3.05, 3.63) is 12.0 Å². The highest BCUT2D eigenvalue weighted by molar-refractivity contribution is 5.05. The number of aliphatic hydroxyl groups excluding tert-OH is 2. The van der Waals surface area contributed by atoms with E-state index in [0.717, 1.165) is 0 Å². The molecule has 0 aromatic rings. The summed E-state index contributed by atoms with van der Waals surface area (Å²) < 4.78 is 4.12.